The van der Waals surface area contributed by atoms with Crippen molar-refractivity contribution < 1.29 is 35.9 Å². The second kappa shape index (κ2) is 14.0. The van der Waals surface area contributed by atoms with Crippen LogP contribution >= 0.6 is 0 Å². The van der Waals surface area contributed by atoms with E-state index in [1.165, 1.54) is 54.5 Å². The van der Waals surface area contributed by atoms with E-state index in [9.17, 15) is 27.6 Å². The highest BCUT2D eigenvalue weighted by molar-refractivity contribution is 7.92. The van der Waals surface area contributed by atoms with Gasteiger partial charge >= 0.3 is 11.7 Å². The van der Waals surface area contributed by atoms with Gasteiger partial charge in [-0.25, -0.2) is 27.9 Å². The fourth-order valence-electron chi connectivity index (χ4n) is 5.67. The maximum atomic E-state index is 15.2. The van der Waals surface area contributed by atoms with Crippen LogP contribution in [0.4, 0.5) is 14.5 Å². The molecule has 5 aromatic rings. The first-order chi connectivity index (χ1) is 23.9. The van der Waals surface area contributed by atoms with Crippen molar-refractivity contribution in [2.24, 2.45) is 7.05 Å². The summed E-state index contributed by atoms with van der Waals surface area (Å²) in [6, 6.07) is 6.39. The number of esters is 1. The molecule has 1 aliphatic rings. The first-order valence-corrected chi connectivity index (χ1v) is 17.0. The van der Waals surface area contributed by atoms with Crippen LogP contribution in [0.2, 0.25) is 0 Å². The molecule has 0 spiro atoms. The Morgan fingerprint density at radius 3 is 2.54 bits per heavy atom. The van der Waals surface area contributed by atoms with Crippen molar-refractivity contribution in [2.75, 3.05) is 4.72 Å². The topological polar surface area (TPSA) is 184 Å². The van der Waals surface area contributed by atoms with Crippen molar-refractivity contribution in [2.45, 2.75) is 55.8 Å². The monoisotopic (exact) mass is 708 g/mol. The molecule has 2 N–H and O–H groups in total. The Labute approximate surface area is 282 Å². The summed E-state index contributed by atoms with van der Waals surface area (Å²) in [5, 5.41) is 2.11. The molecule has 1 saturated carbocycles. The number of aryl methyl sites for hydroxylation is 1. The van der Waals surface area contributed by atoms with Gasteiger partial charge in [-0.15, -0.1) is 0 Å². The molecule has 0 aliphatic heterocycles. The third kappa shape index (κ3) is 7.03. The fourth-order valence-corrected chi connectivity index (χ4v) is 6.66. The number of carbonyl (C=O) groups is 2. The predicted molar refractivity (Wildman–Crippen MR) is 174 cm³/mol. The lowest BCUT2D eigenvalue weighted by atomic mass is 9.97. The molecule has 6 rings (SSSR count). The number of carbonyl (C=O) groups excluding carboxylic acids is 2. The summed E-state index contributed by atoms with van der Waals surface area (Å²) in [6.07, 6.45) is 8.58. The van der Waals surface area contributed by atoms with Gasteiger partial charge in [0.2, 0.25) is 5.09 Å². The number of halogens is 2. The molecule has 17 heteroatoms. The molecule has 260 valence electrons. The van der Waals surface area contributed by atoms with E-state index in [1.54, 1.807) is 0 Å². The average molecular weight is 709 g/mol. The van der Waals surface area contributed by atoms with Gasteiger partial charge < -0.3 is 14.5 Å². The zero-order valence-corrected chi connectivity index (χ0v) is 27.3. The van der Waals surface area contributed by atoms with E-state index in [0.717, 1.165) is 36.2 Å². The Balaban J connectivity index is 1.25. The van der Waals surface area contributed by atoms with Crippen LogP contribution in [0.25, 0.3) is 16.7 Å². The first-order valence-electron chi connectivity index (χ1n) is 15.5. The van der Waals surface area contributed by atoms with E-state index in [1.807, 2.05) is 4.72 Å². The van der Waals surface area contributed by atoms with Gasteiger partial charge in [-0.1, -0.05) is 12.5 Å². The molecule has 0 unspecified atom stereocenters. The molecule has 14 nitrogen and oxygen atoms in total. The molecule has 1 amide bonds. The Morgan fingerprint density at radius 2 is 1.84 bits per heavy atom. The molecule has 1 fully saturated rings. The summed E-state index contributed by atoms with van der Waals surface area (Å²) in [4.78, 5) is 61.1. The van der Waals surface area contributed by atoms with Gasteiger partial charge in [0.05, 0.1) is 34.6 Å². The van der Waals surface area contributed by atoms with Crippen LogP contribution in [0, 0.1) is 11.6 Å². The number of sulfonamides is 1. The predicted octanol–water partition coefficient (Wildman–Crippen LogP) is 3.37. The minimum Gasteiger partial charge on any atom is -0.461 e. The van der Waals surface area contributed by atoms with Crippen LogP contribution in [-0.2, 0) is 33.0 Å². The molecule has 1 aliphatic carbocycles. The standard InChI is InChI=1S/C33H30F2N6O8S/c1-40-27-18-36-12-11-21(27)31(43)41(33(40)45)28-10-9-19(17-37-28)14-26(32(44)49-20-6-3-2-4-7-20)38-30(42)22-15-24(35)25(16-23(22)34)39-50(46,47)29-8-5-13-48-29/h5,8-13,15-18,20,26,39H,2-4,6-7,14H2,1H3,(H,38,42)/t26-/m0/s1. The number of aromatic nitrogens is 4. The highest BCUT2D eigenvalue weighted by Gasteiger charge is 2.29. The number of hydrogen-bond acceptors (Lipinski definition) is 10. The minimum absolute atomic E-state index is 0.00346. The first kappa shape index (κ1) is 34.2. The Morgan fingerprint density at radius 1 is 1.06 bits per heavy atom. The number of nitrogens with one attached hydrogen (secondary N) is 2. The van der Waals surface area contributed by atoms with Crippen molar-refractivity contribution in [1.29, 1.82) is 0 Å². The minimum atomic E-state index is -4.39. The van der Waals surface area contributed by atoms with E-state index in [-0.39, 0.29) is 17.6 Å². The third-order valence-electron chi connectivity index (χ3n) is 8.28. The highest BCUT2D eigenvalue weighted by Crippen LogP contribution is 2.24. The number of anilines is 1. The second-order valence-electron chi connectivity index (χ2n) is 11.7. The van der Waals surface area contributed by atoms with Gasteiger partial charge in [-0.2, -0.15) is 8.42 Å². The Hall–Kier alpha value is -5.71. The van der Waals surface area contributed by atoms with E-state index < -0.39 is 73.3 Å². The van der Waals surface area contributed by atoms with Crippen molar-refractivity contribution in [3.8, 4) is 5.82 Å². The maximum absolute atomic E-state index is 15.2. The number of furan rings is 1. The zero-order chi connectivity index (χ0) is 35.6. The smallest absolute Gasteiger partial charge is 0.337 e. The van der Waals surface area contributed by atoms with E-state index in [0.29, 0.717) is 36.1 Å². The molecule has 4 heterocycles. The van der Waals surface area contributed by atoms with Crippen LogP contribution in [-0.4, -0.2) is 51.5 Å². The molecule has 0 radical (unpaired) electrons. The summed E-state index contributed by atoms with van der Waals surface area (Å²) < 4.78 is 69.6. The Kier molecular flexibility index (Phi) is 9.59. The average Bonchev–Trinajstić information content (AvgIpc) is 3.66. The number of fused-ring (bicyclic) bond motifs is 1. The largest absolute Gasteiger partial charge is 0.461 e. The number of nitrogens with zero attached hydrogens (tertiary/aromatic N) is 4. The maximum Gasteiger partial charge on any atom is 0.337 e. The Bertz CT molecular complexity index is 2300. The summed E-state index contributed by atoms with van der Waals surface area (Å²) in [7, 11) is -2.90. The van der Waals surface area contributed by atoms with E-state index >= 15 is 8.78 Å². The van der Waals surface area contributed by atoms with Gasteiger partial charge in [-0.05, 0) is 61.6 Å². The number of benzene rings is 1. The summed E-state index contributed by atoms with van der Waals surface area (Å²) in [5.41, 5.74) is -2.12. The fraction of sp³-hybridized carbons (Fsp3) is 0.273. The molecule has 0 saturated heterocycles. The molecule has 0 bridgehead atoms. The number of ether oxygens (including phenoxy) is 1. The molecule has 50 heavy (non-hydrogen) atoms. The molecular weight excluding hydrogens is 678 g/mol. The third-order valence-corrected chi connectivity index (χ3v) is 9.53. The highest BCUT2D eigenvalue weighted by atomic mass is 32.2. The quantitative estimate of drug-likeness (QED) is 0.204. The SMILES string of the molecule is Cn1c(=O)n(-c2ccc(C[C@H](NC(=O)c3cc(F)c(NS(=O)(=O)c4ccco4)cc3F)C(=O)OC3CCCCC3)cn2)c(=O)c2ccncc21. The van der Waals surface area contributed by atoms with Crippen LogP contribution in [0.1, 0.15) is 48.0 Å². The zero-order valence-electron chi connectivity index (χ0n) is 26.5. The second-order valence-corrected chi connectivity index (χ2v) is 13.3. The molecule has 1 aromatic carbocycles. The van der Waals surface area contributed by atoms with Crippen molar-refractivity contribution in [1.82, 2.24) is 24.4 Å². The van der Waals surface area contributed by atoms with Crippen LogP contribution in [0.5, 0.6) is 0 Å². The summed E-state index contributed by atoms with van der Waals surface area (Å²) in [6.45, 7) is 0. The van der Waals surface area contributed by atoms with E-state index in [4.69, 9.17) is 9.15 Å². The van der Waals surface area contributed by atoms with Crippen molar-refractivity contribution in [3.05, 3.63) is 111 Å². The van der Waals surface area contributed by atoms with Gasteiger partial charge in [0.25, 0.3) is 21.5 Å². The van der Waals surface area contributed by atoms with Crippen LogP contribution in [0.15, 0.2) is 86.4 Å². The molecule has 4 aromatic heterocycles. The molecular formula is C33H30F2N6O8S. The number of pyridine rings is 2. The van der Waals surface area contributed by atoms with E-state index in [2.05, 4.69) is 15.3 Å². The van der Waals surface area contributed by atoms with Gasteiger partial charge in [0, 0.05) is 31.9 Å². The van der Waals surface area contributed by atoms with Crippen LogP contribution in [0.3, 0.4) is 0 Å². The lowest BCUT2D eigenvalue weighted by molar-refractivity contribution is -0.152. The van der Waals surface area contributed by atoms with Crippen molar-refractivity contribution in [3.63, 3.8) is 0 Å². The van der Waals surface area contributed by atoms with Crippen LogP contribution < -0.4 is 21.3 Å². The van der Waals surface area contributed by atoms with Crippen molar-refractivity contribution >= 4 is 38.5 Å². The number of amides is 1. The van der Waals surface area contributed by atoms with Gasteiger partial charge in [0.1, 0.15) is 29.6 Å². The summed E-state index contributed by atoms with van der Waals surface area (Å²) >= 11 is 0. The normalized spacial score (nSPS) is 14.3. The molecule has 1 atom stereocenters. The van der Waals surface area contributed by atoms with Gasteiger partial charge in [0.15, 0.2) is 0 Å². The lowest BCUT2D eigenvalue weighted by Crippen LogP contribution is -2.45. The number of hydrogen-bond donors (Lipinski definition) is 2. The summed E-state index contributed by atoms with van der Waals surface area (Å²) in [5.74, 6) is -4.52. The number of rotatable bonds is 10. The lowest BCUT2D eigenvalue weighted by Gasteiger charge is -2.25. The van der Waals surface area contributed by atoms with Gasteiger partial charge in [-0.3, -0.25) is 23.9 Å².